The van der Waals surface area contributed by atoms with Gasteiger partial charge in [0.2, 0.25) is 0 Å². The molecule has 0 saturated carbocycles. The zero-order valence-corrected chi connectivity index (χ0v) is 21.6. The highest BCUT2D eigenvalue weighted by Gasteiger charge is 2.17. The third-order valence-corrected chi connectivity index (χ3v) is 5.79. The molecule has 0 saturated heterocycles. The van der Waals surface area contributed by atoms with E-state index < -0.39 is 43.0 Å². The molecule has 2 aromatic carbocycles. The minimum atomic E-state index is -3.51. The van der Waals surface area contributed by atoms with Crippen molar-refractivity contribution in [2.24, 2.45) is 0 Å². The first kappa shape index (κ1) is 32.0. The van der Waals surface area contributed by atoms with E-state index in [-0.39, 0.29) is 33.3 Å². The van der Waals surface area contributed by atoms with Crippen molar-refractivity contribution in [2.75, 3.05) is 12.5 Å². The number of rotatable bonds is 6. The quantitative estimate of drug-likeness (QED) is 0.466. The predicted molar refractivity (Wildman–Crippen MR) is 126 cm³/mol. The lowest BCUT2D eigenvalue weighted by Gasteiger charge is -2.12. The van der Waals surface area contributed by atoms with Gasteiger partial charge in [0.25, 0.3) is 0 Å². The van der Waals surface area contributed by atoms with Gasteiger partial charge in [-0.15, -0.1) is 0 Å². The third-order valence-electron chi connectivity index (χ3n) is 3.57. The molecule has 0 spiro atoms. The van der Waals surface area contributed by atoms with Gasteiger partial charge in [-0.2, -0.15) is 0 Å². The molecule has 10 nitrogen and oxygen atoms in total. The summed E-state index contributed by atoms with van der Waals surface area (Å²) in [4.78, 5) is 21.2. The number of aliphatic hydroxyl groups excluding tert-OH is 1. The summed E-state index contributed by atoms with van der Waals surface area (Å²) in [6.07, 6.45) is 1.60. The van der Waals surface area contributed by atoms with Crippen molar-refractivity contribution < 1.29 is 50.9 Å². The van der Waals surface area contributed by atoms with Crippen molar-refractivity contribution in [1.29, 1.82) is 0 Å². The molecule has 0 aliphatic carbocycles. The molecule has 0 aliphatic rings. The molecule has 0 radical (unpaired) electrons. The van der Waals surface area contributed by atoms with Crippen molar-refractivity contribution >= 4 is 31.6 Å². The van der Waals surface area contributed by atoms with Gasteiger partial charge in [0.05, 0.1) is 21.5 Å². The first-order valence-corrected chi connectivity index (χ1v) is 13.7. The van der Waals surface area contributed by atoms with Crippen LogP contribution in [0.4, 0.5) is 4.39 Å². The normalized spacial score (nSPS) is 11.1. The largest absolute Gasteiger partial charge is 0.490 e. The minimum Gasteiger partial charge on any atom is -0.490 e. The maximum Gasteiger partial charge on any atom is 0.339 e. The Morgan fingerprint density at radius 3 is 1.51 bits per heavy atom. The van der Waals surface area contributed by atoms with Crippen molar-refractivity contribution in [3.8, 4) is 5.75 Å². The number of hydrogen-bond donors (Lipinski definition) is 3. The smallest absolute Gasteiger partial charge is 0.339 e. The van der Waals surface area contributed by atoms with Gasteiger partial charge in [0, 0.05) is 18.6 Å². The van der Waals surface area contributed by atoms with Crippen LogP contribution in [-0.4, -0.2) is 68.8 Å². The maximum atomic E-state index is 12.8. The number of aromatic carboxylic acids is 2. The molecule has 2 rings (SSSR count). The molecule has 0 atom stereocenters. The van der Waals surface area contributed by atoms with E-state index in [9.17, 15) is 30.8 Å². The molecule has 0 unspecified atom stereocenters. The van der Waals surface area contributed by atoms with Crippen molar-refractivity contribution in [2.45, 2.75) is 49.7 Å². The van der Waals surface area contributed by atoms with Gasteiger partial charge < -0.3 is 20.1 Å². The van der Waals surface area contributed by atoms with Crippen LogP contribution < -0.4 is 4.74 Å². The van der Waals surface area contributed by atoms with Gasteiger partial charge in [0.15, 0.2) is 19.7 Å². The topological polar surface area (TPSA) is 172 Å². The molecule has 2 aromatic rings. The second-order valence-electron chi connectivity index (χ2n) is 7.71. The average Bonchev–Trinajstić information content (AvgIpc) is 2.66. The summed E-state index contributed by atoms with van der Waals surface area (Å²) in [7, 11) is -6.93. The zero-order chi connectivity index (χ0) is 27.7. The molecule has 0 fully saturated rings. The fraction of sp³-hybridized carbons (Fsp3) is 0.364. The SMILES string of the molecule is CC(C)O.CC(C)Oc1ccc(S(C)(=O)=O)cc1C(=O)O.CS(=O)(=O)c1ccc(F)c(C(=O)O)c1. The Bertz CT molecular complexity index is 1250. The molecule has 0 amide bonds. The number of benzene rings is 2. The van der Waals surface area contributed by atoms with Crippen LogP contribution in [-0.2, 0) is 19.7 Å². The Morgan fingerprint density at radius 2 is 1.17 bits per heavy atom. The van der Waals surface area contributed by atoms with Crippen LogP contribution in [0.2, 0.25) is 0 Å². The summed E-state index contributed by atoms with van der Waals surface area (Å²) in [5, 5.41) is 25.6. The van der Waals surface area contributed by atoms with Crippen molar-refractivity contribution in [1.82, 2.24) is 0 Å². The van der Waals surface area contributed by atoms with Gasteiger partial charge in [-0.05, 0) is 64.1 Å². The lowest BCUT2D eigenvalue weighted by molar-refractivity contribution is 0.0679. The number of halogens is 1. The molecule has 0 heterocycles. The van der Waals surface area contributed by atoms with Gasteiger partial charge in [-0.25, -0.2) is 30.8 Å². The molecule has 13 heteroatoms. The van der Waals surface area contributed by atoms with E-state index in [1.54, 1.807) is 27.7 Å². The van der Waals surface area contributed by atoms with Crippen LogP contribution in [0, 0.1) is 5.82 Å². The minimum absolute atomic E-state index is 0.0361. The van der Waals surface area contributed by atoms with Crippen LogP contribution in [0.25, 0.3) is 0 Å². The summed E-state index contributed by atoms with van der Waals surface area (Å²) >= 11 is 0. The van der Waals surface area contributed by atoms with E-state index in [1.807, 2.05) is 0 Å². The fourth-order valence-electron chi connectivity index (χ4n) is 2.16. The Hall–Kier alpha value is -3.03. The van der Waals surface area contributed by atoms with Gasteiger partial charge in [-0.3, -0.25) is 0 Å². The lowest BCUT2D eigenvalue weighted by atomic mass is 10.2. The van der Waals surface area contributed by atoms with E-state index in [0.29, 0.717) is 0 Å². The second-order valence-corrected chi connectivity index (χ2v) is 11.7. The average molecular weight is 537 g/mol. The molecule has 0 aromatic heterocycles. The molecular formula is C22H29FO10S2. The molecule has 35 heavy (non-hydrogen) atoms. The van der Waals surface area contributed by atoms with Crippen molar-refractivity contribution in [3.05, 3.63) is 53.3 Å². The highest BCUT2D eigenvalue weighted by atomic mass is 32.2. The number of carboxylic acid groups (broad SMARTS) is 2. The fourth-order valence-corrected chi connectivity index (χ4v) is 3.46. The molecular weight excluding hydrogens is 507 g/mol. The summed E-state index contributed by atoms with van der Waals surface area (Å²) in [6, 6.07) is 6.44. The van der Waals surface area contributed by atoms with E-state index in [2.05, 4.69) is 0 Å². The predicted octanol–water partition coefficient (Wildman–Crippen LogP) is 2.89. The summed E-state index contributed by atoms with van der Waals surface area (Å²) < 4.78 is 62.8. The second kappa shape index (κ2) is 13.2. The number of carboxylic acids is 2. The molecule has 0 aliphatic heterocycles. The standard InChI is InChI=1S/C11H14O5S.C8H7FO4S.C3H8O/c1-7(2)16-10-5-4-8(17(3,14)15)6-9(10)11(12)13;1-14(12,13)5-2-3-7(9)6(4-5)8(10)11;1-3(2)4/h4-7H,1-3H3,(H,12,13);2-4H,1H3,(H,10,11);3-4H,1-2H3. The summed E-state index contributed by atoms with van der Waals surface area (Å²) in [5.74, 6) is -3.50. The first-order valence-electron chi connectivity index (χ1n) is 9.92. The number of sulfone groups is 2. The number of hydrogen-bond acceptors (Lipinski definition) is 8. The van der Waals surface area contributed by atoms with Crippen LogP contribution in [0.3, 0.4) is 0 Å². The Balaban J connectivity index is 0.000000581. The van der Waals surface area contributed by atoms with Crippen LogP contribution in [0.1, 0.15) is 48.4 Å². The first-order chi connectivity index (χ1) is 15.8. The van der Waals surface area contributed by atoms with E-state index in [1.165, 1.54) is 12.1 Å². The van der Waals surface area contributed by atoms with E-state index in [0.717, 1.165) is 36.8 Å². The Morgan fingerprint density at radius 1 is 0.800 bits per heavy atom. The number of aliphatic hydroxyl groups is 1. The van der Waals surface area contributed by atoms with Gasteiger partial charge in [0.1, 0.15) is 17.1 Å². The molecule has 3 N–H and O–H groups in total. The van der Waals surface area contributed by atoms with Crippen LogP contribution >= 0.6 is 0 Å². The summed E-state index contributed by atoms with van der Waals surface area (Å²) in [5.41, 5.74) is -0.797. The van der Waals surface area contributed by atoms with Crippen LogP contribution in [0.15, 0.2) is 46.2 Å². The monoisotopic (exact) mass is 536 g/mol. The molecule has 196 valence electrons. The Kier molecular flexibility index (Phi) is 12.0. The van der Waals surface area contributed by atoms with Crippen molar-refractivity contribution in [3.63, 3.8) is 0 Å². The zero-order valence-electron chi connectivity index (χ0n) is 20.0. The highest BCUT2D eigenvalue weighted by Crippen LogP contribution is 2.23. The number of carbonyl (C=O) groups is 2. The Labute approximate surface area is 203 Å². The van der Waals surface area contributed by atoms with E-state index in [4.69, 9.17) is 20.1 Å². The summed E-state index contributed by atoms with van der Waals surface area (Å²) in [6.45, 7) is 6.96. The van der Waals surface area contributed by atoms with Gasteiger partial charge in [-0.1, -0.05) is 0 Å². The third kappa shape index (κ3) is 11.8. The number of ether oxygens (including phenoxy) is 1. The highest BCUT2D eigenvalue weighted by molar-refractivity contribution is 7.91. The lowest BCUT2D eigenvalue weighted by Crippen LogP contribution is -2.11. The molecule has 0 bridgehead atoms. The van der Waals surface area contributed by atoms with E-state index >= 15 is 0 Å². The van der Waals surface area contributed by atoms with Crippen LogP contribution in [0.5, 0.6) is 5.75 Å². The maximum absolute atomic E-state index is 12.8. The van der Waals surface area contributed by atoms with Gasteiger partial charge >= 0.3 is 11.9 Å².